The smallest absolute Gasteiger partial charge is 0.215 e. The molecule has 0 bridgehead atoms. The molecule has 3 aromatic carbocycles. The van der Waals surface area contributed by atoms with Gasteiger partial charge in [0, 0.05) is 22.6 Å². The molecular weight excluding hydrogens is 384 g/mol. The molecule has 0 saturated heterocycles. The second-order valence-electron chi connectivity index (χ2n) is 7.13. The molecule has 2 aliphatic rings. The summed E-state index contributed by atoms with van der Waals surface area (Å²) in [7, 11) is 0. The Morgan fingerprint density at radius 1 is 1.00 bits per heavy atom. The van der Waals surface area contributed by atoms with Crippen molar-refractivity contribution in [3.05, 3.63) is 94.5 Å². The lowest BCUT2D eigenvalue weighted by molar-refractivity contribution is -0.0189. The molecule has 0 radical (unpaired) electrons. The highest BCUT2D eigenvalue weighted by Gasteiger charge is 2.41. The predicted octanol–water partition coefficient (Wildman–Crippen LogP) is 5.98. The van der Waals surface area contributed by atoms with Crippen LogP contribution in [0.2, 0.25) is 5.02 Å². The van der Waals surface area contributed by atoms with Crippen LogP contribution in [0.4, 0.5) is 0 Å². The van der Waals surface area contributed by atoms with E-state index >= 15 is 0 Å². The van der Waals surface area contributed by atoms with Gasteiger partial charge in [0.05, 0.1) is 18.4 Å². The fourth-order valence-electron chi connectivity index (χ4n) is 4.00. The lowest BCUT2D eigenvalue weighted by Gasteiger charge is -2.38. The summed E-state index contributed by atoms with van der Waals surface area (Å²) in [5.74, 6) is 1.76. The van der Waals surface area contributed by atoms with Gasteiger partial charge in [0.2, 0.25) is 6.23 Å². The first-order valence-corrected chi connectivity index (χ1v) is 10.2. The summed E-state index contributed by atoms with van der Waals surface area (Å²) in [5.41, 5.74) is 4.21. The van der Waals surface area contributed by atoms with Crippen molar-refractivity contribution in [2.24, 2.45) is 5.10 Å². The largest absolute Gasteiger partial charge is 0.494 e. The van der Waals surface area contributed by atoms with Gasteiger partial charge in [0.1, 0.15) is 11.5 Å². The summed E-state index contributed by atoms with van der Waals surface area (Å²) in [6, 6.07) is 24.2. The van der Waals surface area contributed by atoms with E-state index in [2.05, 4.69) is 23.2 Å². The van der Waals surface area contributed by atoms with Crippen LogP contribution < -0.4 is 9.47 Å². The van der Waals surface area contributed by atoms with E-state index in [1.807, 2.05) is 61.5 Å². The number of rotatable bonds is 4. The van der Waals surface area contributed by atoms with Gasteiger partial charge in [-0.05, 0) is 48.9 Å². The molecule has 146 valence electrons. The van der Waals surface area contributed by atoms with E-state index in [9.17, 15) is 0 Å². The van der Waals surface area contributed by atoms with Crippen LogP contribution in [-0.4, -0.2) is 17.3 Å². The molecule has 2 aliphatic heterocycles. The third kappa shape index (κ3) is 3.23. The molecule has 0 N–H and O–H groups in total. The minimum atomic E-state index is -0.358. The number of fused-ring (bicyclic) bond motifs is 3. The standard InChI is InChI=1S/C24H21ClN2O2/c1-2-28-17-13-11-16(12-14-17)21-15-22-19-8-4-6-10-23(19)29-24(27(22)26-21)18-7-3-5-9-20(18)25/h3-14,22,24H,2,15H2,1H3. The molecule has 0 aromatic heterocycles. The summed E-state index contributed by atoms with van der Waals surface area (Å²) < 4.78 is 11.9. The Morgan fingerprint density at radius 2 is 1.72 bits per heavy atom. The quantitative estimate of drug-likeness (QED) is 0.536. The summed E-state index contributed by atoms with van der Waals surface area (Å²) in [6.07, 6.45) is 0.457. The molecule has 2 unspecified atom stereocenters. The van der Waals surface area contributed by atoms with Crippen LogP contribution in [0.15, 0.2) is 77.9 Å². The van der Waals surface area contributed by atoms with Gasteiger partial charge in [-0.1, -0.05) is 48.0 Å². The highest BCUT2D eigenvalue weighted by atomic mass is 35.5. The second kappa shape index (κ2) is 7.45. The predicted molar refractivity (Wildman–Crippen MR) is 115 cm³/mol. The minimum absolute atomic E-state index is 0.114. The van der Waals surface area contributed by atoms with Crippen LogP contribution in [0.3, 0.4) is 0 Å². The van der Waals surface area contributed by atoms with Crippen molar-refractivity contribution in [2.45, 2.75) is 25.6 Å². The van der Waals surface area contributed by atoms with E-state index < -0.39 is 0 Å². The number of hydrogen-bond acceptors (Lipinski definition) is 4. The van der Waals surface area contributed by atoms with Crippen LogP contribution in [0, 0.1) is 0 Å². The minimum Gasteiger partial charge on any atom is -0.494 e. The molecule has 2 heterocycles. The number of hydrazone groups is 1. The molecule has 0 spiro atoms. The van der Waals surface area contributed by atoms with E-state index in [1.165, 1.54) is 0 Å². The topological polar surface area (TPSA) is 34.1 Å². The van der Waals surface area contributed by atoms with Crippen LogP contribution in [0.5, 0.6) is 11.5 Å². The molecule has 0 aliphatic carbocycles. The Balaban J connectivity index is 1.55. The van der Waals surface area contributed by atoms with Gasteiger partial charge in [0.25, 0.3) is 0 Å². The monoisotopic (exact) mass is 404 g/mol. The Bertz CT molecular complexity index is 1060. The molecule has 5 rings (SSSR count). The number of hydrogen-bond donors (Lipinski definition) is 0. The average Bonchev–Trinajstić information content (AvgIpc) is 3.20. The maximum atomic E-state index is 6.51. The zero-order chi connectivity index (χ0) is 19.8. The molecule has 3 aromatic rings. The van der Waals surface area contributed by atoms with E-state index in [4.69, 9.17) is 26.2 Å². The second-order valence-corrected chi connectivity index (χ2v) is 7.54. The highest BCUT2D eigenvalue weighted by Crippen LogP contribution is 2.48. The van der Waals surface area contributed by atoms with Crippen molar-refractivity contribution in [2.75, 3.05) is 6.61 Å². The molecule has 0 saturated carbocycles. The number of benzene rings is 3. The number of ether oxygens (including phenoxy) is 2. The van der Waals surface area contributed by atoms with Crippen molar-refractivity contribution < 1.29 is 9.47 Å². The lowest BCUT2D eigenvalue weighted by atomic mass is 9.96. The molecule has 4 nitrogen and oxygen atoms in total. The van der Waals surface area contributed by atoms with Crippen LogP contribution in [0.1, 0.15) is 42.3 Å². The SMILES string of the molecule is CCOc1ccc(C2=NN3C(C2)c2ccccc2OC3c2ccccc2Cl)cc1. The fraction of sp³-hybridized carbons (Fsp3) is 0.208. The number of nitrogens with zero attached hydrogens (tertiary/aromatic N) is 2. The summed E-state index contributed by atoms with van der Waals surface area (Å²) in [4.78, 5) is 0. The molecule has 29 heavy (non-hydrogen) atoms. The van der Waals surface area contributed by atoms with Crippen molar-refractivity contribution in [1.29, 1.82) is 0 Å². The van der Waals surface area contributed by atoms with Crippen LogP contribution in [0.25, 0.3) is 0 Å². The first-order valence-electron chi connectivity index (χ1n) is 9.83. The third-order valence-electron chi connectivity index (χ3n) is 5.37. The Kier molecular flexibility index (Phi) is 4.64. The molecule has 2 atom stereocenters. The third-order valence-corrected chi connectivity index (χ3v) is 5.71. The molecule has 5 heteroatoms. The number of para-hydroxylation sites is 1. The van der Waals surface area contributed by atoms with Crippen molar-refractivity contribution in [1.82, 2.24) is 5.01 Å². The lowest BCUT2D eigenvalue weighted by Crippen LogP contribution is -2.33. The Morgan fingerprint density at radius 3 is 2.48 bits per heavy atom. The highest BCUT2D eigenvalue weighted by molar-refractivity contribution is 6.31. The normalized spacial score (nSPS) is 19.8. The molecule has 0 fully saturated rings. The van der Waals surface area contributed by atoms with Crippen LogP contribution >= 0.6 is 11.6 Å². The Labute approximate surface area is 175 Å². The average molecular weight is 405 g/mol. The van der Waals surface area contributed by atoms with E-state index in [0.717, 1.165) is 40.3 Å². The van der Waals surface area contributed by atoms with Crippen molar-refractivity contribution in [3.8, 4) is 11.5 Å². The van der Waals surface area contributed by atoms with E-state index in [1.54, 1.807) is 0 Å². The van der Waals surface area contributed by atoms with Gasteiger partial charge in [0.15, 0.2) is 0 Å². The maximum absolute atomic E-state index is 6.51. The number of halogens is 1. The van der Waals surface area contributed by atoms with Gasteiger partial charge >= 0.3 is 0 Å². The molecule has 0 amide bonds. The van der Waals surface area contributed by atoms with E-state index in [-0.39, 0.29) is 12.3 Å². The van der Waals surface area contributed by atoms with Gasteiger partial charge in [-0.15, -0.1) is 0 Å². The van der Waals surface area contributed by atoms with Gasteiger partial charge in [-0.3, -0.25) is 0 Å². The first-order chi connectivity index (χ1) is 14.2. The first kappa shape index (κ1) is 18.1. The van der Waals surface area contributed by atoms with E-state index in [0.29, 0.717) is 11.6 Å². The maximum Gasteiger partial charge on any atom is 0.215 e. The van der Waals surface area contributed by atoms with Gasteiger partial charge in [-0.25, -0.2) is 5.01 Å². The fourth-order valence-corrected chi connectivity index (χ4v) is 4.23. The van der Waals surface area contributed by atoms with Crippen LogP contribution in [-0.2, 0) is 0 Å². The zero-order valence-electron chi connectivity index (χ0n) is 16.1. The molecular formula is C24H21ClN2O2. The summed E-state index contributed by atoms with van der Waals surface area (Å²) >= 11 is 6.51. The summed E-state index contributed by atoms with van der Waals surface area (Å²) in [5, 5.41) is 7.71. The van der Waals surface area contributed by atoms with Gasteiger partial charge < -0.3 is 9.47 Å². The van der Waals surface area contributed by atoms with Crippen molar-refractivity contribution in [3.63, 3.8) is 0 Å². The summed E-state index contributed by atoms with van der Waals surface area (Å²) in [6.45, 7) is 2.64. The van der Waals surface area contributed by atoms with Crippen molar-refractivity contribution >= 4 is 17.3 Å². The zero-order valence-corrected chi connectivity index (χ0v) is 16.8. The van der Waals surface area contributed by atoms with Gasteiger partial charge in [-0.2, -0.15) is 5.10 Å². The Hall–Kier alpha value is -2.98.